The number of ether oxygens (including phenoxy) is 3. The average molecular weight is 238 g/mol. The highest BCUT2D eigenvalue weighted by Gasteiger charge is 2.37. The molecule has 0 bridgehead atoms. The van der Waals surface area contributed by atoms with Gasteiger partial charge in [-0.3, -0.25) is 0 Å². The van der Waals surface area contributed by atoms with Crippen molar-refractivity contribution in [3.63, 3.8) is 0 Å². The van der Waals surface area contributed by atoms with Crippen LogP contribution in [0.3, 0.4) is 0 Å². The van der Waals surface area contributed by atoms with Crippen LogP contribution in [-0.4, -0.2) is 30.7 Å². The van der Waals surface area contributed by atoms with Gasteiger partial charge in [0.2, 0.25) is 0 Å². The molecule has 1 fully saturated rings. The first-order valence-electron chi connectivity index (χ1n) is 5.65. The first-order valence-corrected chi connectivity index (χ1v) is 5.65. The van der Waals surface area contributed by atoms with Crippen LogP contribution in [0.25, 0.3) is 0 Å². The van der Waals surface area contributed by atoms with E-state index in [9.17, 15) is 5.11 Å². The first kappa shape index (κ1) is 12.4. The summed E-state index contributed by atoms with van der Waals surface area (Å²) in [5, 5.41) is 10.2. The number of aliphatic hydroxyl groups is 1. The fourth-order valence-corrected chi connectivity index (χ4v) is 1.89. The second-order valence-electron chi connectivity index (χ2n) is 4.59. The molecule has 0 aromatic heterocycles. The second kappa shape index (κ2) is 4.64. The number of aliphatic hydroxyl groups excluding tert-OH is 1. The molecule has 0 aliphatic carbocycles. The summed E-state index contributed by atoms with van der Waals surface area (Å²) >= 11 is 0. The van der Waals surface area contributed by atoms with Gasteiger partial charge in [0.15, 0.2) is 5.79 Å². The minimum Gasteiger partial charge on any atom is -0.497 e. The van der Waals surface area contributed by atoms with Gasteiger partial charge in [0.05, 0.1) is 13.7 Å². The Labute approximate surface area is 101 Å². The van der Waals surface area contributed by atoms with Crippen LogP contribution in [0.4, 0.5) is 0 Å². The van der Waals surface area contributed by atoms with E-state index in [1.807, 2.05) is 38.1 Å². The third-order valence-electron chi connectivity index (χ3n) is 2.84. The van der Waals surface area contributed by atoms with Gasteiger partial charge in [0, 0.05) is 0 Å². The van der Waals surface area contributed by atoms with Crippen LogP contribution in [0, 0.1) is 0 Å². The Kier molecular flexibility index (Phi) is 3.38. The van der Waals surface area contributed by atoms with Crippen LogP contribution >= 0.6 is 0 Å². The Morgan fingerprint density at radius 2 is 2.00 bits per heavy atom. The number of hydrogen-bond acceptors (Lipinski definition) is 4. The molecule has 94 valence electrons. The lowest BCUT2D eigenvalue weighted by Gasteiger charge is -2.20. The molecule has 1 N–H and O–H groups in total. The molecule has 1 aromatic rings. The summed E-state index contributed by atoms with van der Waals surface area (Å²) < 4.78 is 16.1. The van der Waals surface area contributed by atoms with Crippen LogP contribution in [0.15, 0.2) is 24.3 Å². The van der Waals surface area contributed by atoms with Gasteiger partial charge in [0.25, 0.3) is 0 Å². The summed E-state index contributed by atoms with van der Waals surface area (Å²) in [6.07, 6.45) is -0.999. The molecule has 17 heavy (non-hydrogen) atoms. The monoisotopic (exact) mass is 238 g/mol. The highest BCUT2D eigenvalue weighted by molar-refractivity contribution is 5.29. The molecule has 1 aliphatic heterocycles. The van der Waals surface area contributed by atoms with E-state index in [0.29, 0.717) is 6.61 Å². The molecule has 0 spiro atoms. The number of hydrogen-bond donors (Lipinski definition) is 1. The van der Waals surface area contributed by atoms with Gasteiger partial charge >= 0.3 is 0 Å². The van der Waals surface area contributed by atoms with Gasteiger partial charge in [-0.15, -0.1) is 0 Å². The fraction of sp³-hybridized carbons (Fsp3) is 0.538. The summed E-state index contributed by atoms with van der Waals surface area (Å²) in [6.45, 7) is 4.08. The molecule has 4 nitrogen and oxygen atoms in total. The Hall–Kier alpha value is -1.10. The van der Waals surface area contributed by atoms with E-state index in [4.69, 9.17) is 14.2 Å². The van der Waals surface area contributed by atoms with E-state index in [2.05, 4.69) is 0 Å². The van der Waals surface area contributed by atoms with Crippen LogP contribution in [0.5, 0.6) is 5.75 Å². The molecule has 2 unspecified atom stereocenters. The third-order valence-corrected chi connectivity index (χ3v) is 2.84. The van der Waals surface area contributed by atoms with Gasteiger partial charge in [-0.1, -0.05) is 12.1 Å². The molecule has 1 aliphatic rings. The van der Waals surface area contributed by atoms with E-state index in [1.165, 1.54) is 0 Å². The van der Waals surface area contributed by atoms with Crippen LogP contribution in [0.1, 0.15) is 25.5 Å². The topological polar surface area (TPSA) is 47.9 Å². The molecule has 1 aromatic carbocycles. The minimum absolute atomic E-state index is 0.321. The summed E-state index contributed by atoms with van der Waals surface area (Å²) in [5.74, 6) is 0.155. The Balaban J connectivity index is 2.06. The Morgan fingerprint density at radius 1 is 1.35 bits per heavy atom. The number of rotatable bonds is 3. The maximum Gasteiger partial charge on any atom is 0.163 e. The minimum atomic E-state index is -0.678. The zero-order valence-electron chi connectivity index (χ0n) is 10.3. The smallest absolute Gasteiger partial charge is 0.163 e. The van der Waals surface area contributed by atoms with E-state index < -0.39 is 11.9 Å². The predicted octanol–water partition coefficient (Wildman–Crippen LogP) is 1.88. The van der Waals surface area contributed by atoms with Gasteiger partial charge in [-0.25, -0.2) is 0 Å². The van der Waals surface area contributed by atoms with Crippen molar-refractivity contribution >= 4 is 0 Å². The van der Waals surface area contributed by atoms with E-state index in [-0.39, 0.29) is 6.10 Å². The van der Waals surface area contributed by atoms with Crippen molar-refractivity contribution in [1.29, 1.82) is 0 Å². The first-order chi connectivity index (χ1) is 8.02. The molecular formula is C13H18O4. The summed E-state index contributed by atoms with van der Waals surface area (Å²) in [4.78, 5) is 0. The Morgan fingerprint density at radius 3 is 2.47 bits per heavy atom. The van der Waals surface area contributed by atoms with E-state index >= 15 is 0 Å². The van der Waals surface area contributed by atoms with Gasteiger partial charge in [-0.2, -0.15) is 0 Å². The third kappa shape index (κ3) is 2.77. The largest absolute Gasteiger partial charge is 0.497 e. The van der Waals surface area contributed by atoms with Gasteiger partial charge in [-0.05, 0) is 31.5 Å². The SMILES string of the molecule is COc1ccc(C(O)C2COC(C)(C)O2)cc1. The summed E-state index contributed by atoms with van der Waals surface area (Å²) in [5.41, 5.74) is 0.803. The maximum atomic E-state index is 10.2. The highest BCUT2D eigenvalue weighted by Crippen LogP contribution is 2.31. The molecule has 0 saturated carbocycles. The molecule has 2 rings (SSSR count). The molecule has 2 atom stereocenters. The predicted molar refractivity (Wildman–Crippen MR) is 62.9 cm³/mol. The van der Waals surface area contributed by atoms with Crippen LogP contribution < -0.4 is 4.74 Å². The van der Waals surface area contributed by atoms with Gasteiger partial charge in [0.1, 0.15) is 18.0 Å². The van der Waals surface area contributed by atoms with Crippen molar-refractivity contribution < 1.29 is 19.3 Å². The average Bonchev–Trinajstić information content (AvgIpc) is 2.69. The van der Waals surface area contributed by atoms with Crippen molar-refractivity contribution in [2.24, 2.45) is 0 Å². The summed E-state index contributed by atoms with van der Waals surface area (Å²) in [6, 6.07) is 7.30. The summed E-state index contributed by atoms with van der Waals surface area (Å²) in [7, 11) is 1.61. The van der Waals surface area contributed by atoms with Gasteiger partial charge < -0.3 is 19.3 Å². The van der Waals surface area contributed by atoms with Crippen LogP contribution in [-0.2, 0) is 9.47 Å². The maximum absolute atomic E-state index is 10.2. The van der Waals surface area contributed by atoms with Crippen molar-refractivity contribution in [2.75, 3.05) is 13.7 Å². The number of methoxy groups -OCH3 is 1. The standard InChI is InChI=1S/C13H18O4/c1-13(2)16-8-11(17-13)12(14)9-4-6-10(15-3)7-5-9/h4-7,11-12,14H,8H2,1-3H3. The zero-order valence-corrected chi connectivity index (χ0v) is 10.3. The van der Waals surface area contributed by atoms with E-state index in [0.717, 1.165) is 11.3 Å². The van der Waals surface area contributed by atoms with Crippen molar-refractivity contribution in [2.45, 2.75) is 31.8 Å². The highest BCUT2D eigenvalue weighted by atomic mass is 16.7. The molecule has 1 saturated heterocycles. The zero-order chi connectivity index (χ0) is 12.5. The Bertz CT molecular complexity index is 372. The number of benzene rings is 1. The molecular weight excluding hydrogens is 220 g/mol. The molecule has 1 heterocycles. The van der Waals surface area contributed by atoms with E-state index in [1.54, 1.807) is 7.11 Å². The molecule has 0 amide bonds. The quantitative estimate of drug-likeness (QED) is 0.873. The van der Waals surface area contributed by atoms with Crippen molar-refractivity contribution in [3.05, 3.63) is 29.8 Å². The molecule has 4 heteroatoms. The lowest BCUT2D eigenvalue weighted by Crippen LogP contribution is -2.25. The van der Waals surface area contributed by atoms with Crippen molar-refractivity contribution in [3.8, 4) is 5.75 Å². The second-order valence-corrected chi connectivity index (χ2v) is 4.59. The lowest BCUT2D eigenvalue weighted by atomic mass is 10.0. The fourth-order valence-electron chi connectivity index (χ4n) is 1.89. The van der Waals surface area contributed by atoms with Crippen LogP contribution in [0.2, 0.25) is 0 Å². The normalized spacial score (nSPS) is 24.6. The molecule has 0 radical (unpaired) electrons. The van der Waals surface area contributed by atoms with Crippen molar-refractivity contribution in [1.82, 2.24) is 0 Å². The lowest BCUT2D eigenvalue weighted by molar-refractivity contribution is -0.151.